The molecule has 0 aliphatic rings. The zero-order chi connectivity index (χ0) is 13.0. The first-order valence-corrected chi connectivity index (χ1v) is 6.13. The van der Waals surface area contributed by atoms with Gasteiger partial charge < -0.3 is 15.0 Å². The molecule has 0 saturated carbocycles. The maximum Gasteiger partial charge on any atom is 0.220 e. The van der Waals surface area contributed by atoms with Crippen molar-refractivity contribution in [2.45, 2.75) is 12.8 Å². The third-order valence-corrected chi connectivity index (χ3v) is 3.03. The van der Waals surface area contributed by atoms with E-state index in [2.05, 4.69) is 28.2 Å². The lowest BCUT2D eigenvalue weighted by atomic mass is 10.1. The van der Waals surface area contributed by atoms with E-state index in [1.165, 1.54) is 16.5 Å². The number of hydrogen-bond donors (Lipinski definition) is 2. The Labute approximate surface area is 106 Å². The van der Waals surface area contributed by atoms with Crippen LogP contribution in [0.3, 0.4) is 0 Å². The molecule has 18 heavy (non-hydrogen) atoms. The second-order valence-electron chi connectivity index (χ2n) is 4.36. The number of aromatic nitrogens is 1. The summed E-state index contributed by atoms with van der Waals surface area (Å²) in [7, 11) is 2.01. The molecular formula is C14H18N2O2. The van der Waals surface area contributed by atoms with Crippen molar-refractivity contribution >= 4 is 16.8 Å². The first-order chi connectivity index (χ1) is 8.72. The number of nitrogens with one attached hydrogen (secondary N) is 1. The van der Waals surface area contributed by atoms with Gasteiger partial charge in [-0.05, 0) is 18.1 Å². The van der Waals surface area contributed by atoms with Gasteiger partial charge in [0.05, 0.1) is 6.61 Å². The van der Waals surface area contributed by atoms with E-state index in [0.717, 1.165) is 6.42 Å². The summed E-state index contributed by atoms with van der Waals surface area (Å²) in [5.41, 5.74) is 2.37. The fraction of sp³-hybridized carbons (Fsp3) is 0.357. The third-order valence-electron chi connectivity index (χ3n) is 3.03. The van der Waals surface area contributed by atoms with E-state index in [0.29, 0.717) is 13.0 Å². The summed E-state index contributed by atoms with van der Waals surface area (Å²) in [6.45, 7) is 0.314. The summed E-state index contributed by atoms with van der Waals surface area (Å²) in [5.74, 6) is -0.0167. The fourth-order valence-electron chi connectivity index (χ4n) is 2.16. The molecule has 0 aliphatic carbocycles. The Morgan fingerprint density at radius 2 is 2.17 bits per heavy atom. The lowest BCUT2D eigenvalue weighted by Crippen LogP contribution is -2.26. The first kappa shape index (κ1) is 12.6. The van der Waals surface area contributed by atoms with Gasteiger partial charge in [0.2, 0.25) is 5.91 Å². The molecule has 0 atom stereocenters. The van der Waals surface area contributed by atoms with E-state index in [1.54, 1.807) is 0 Å². The van der Waals surface area contributed by atoms with Crippen LogP contribution >= 0.6 is 0 Å². The minimum atomic E-state index is -0.0167. The van der Waals surface area contributed by atoms with Crippen LogP contribution in [0.2, 0.25) is 0 Å². The van der Waals surface area contributed by atoms with E-state index in [4.69, 9.17) is 5.11 Å². The molecule has 1 aromatic heterocycles. The van der Waals surface area contributed by atoms with Gasteiger partial charge in [-0.1, -0.05) is 18.2 Å². The van der Waals surface area contributed by atoms with E-state index < -0.39 is 0 Å². The number of aliphatic hydroxyl groups excluding tert-OH is 1. The van der Waals surface area contributed by atoms with Crippen molar-refractivity contribution in [1.82, 2.24) is 9.88 Å². The van der Waals surface area contributed by atoms with Crippen LogP contribution in [-0.2, 0) is 18.3 Å². The Morgan fingerprint density at radius 1 is 1.39 bits per heavy atom. The lowest BCUT2D eigenvalue weighted by Gasteiger charge is -2.02. The van der Waals surface area contributed by atoms with Crippen LogP contribution in [0.25, 0.3) is 10.9 Å². The molecule has 4 nitrogen and oxygen atoms in total. The van der Waals surface area contributed by atoms with E-state index >= 15 is 0 Å². The minimum Gasteiger partial charge on any atom is -0.395 e. The molecule has 4 heteroatoms. The van der Waals surface area contributed by atoms with Gasteiger partial charge in [0.15, 0.2) is 0 Å². The molecule has 0 aliphatic heterocycles. The molecule has 1 amide bonds. The predicted molar refractivity (Wildman–Crippen MR) is 71.3 cm³/mol. The van der Waals surface area contributed by atoms with Crippen molar-refractivity contribution in [3.63, 3.8) is 0 Å². The summed E-state index contributed by atoms with van der Waals surface area (Å²) in [5, 5.41) is 12.5. The van der Waals surface area contributed by atoms with Crippen LogP contribution < -0.4 is 5.32 Å². The summed E-state index contributed by atoms with van der Waals surface area (Å²) < 4.78 is 2.08. The zero-order valence-electron chi connectivity index (χ0n) is 10.5. The Morgan fingerprint density at radius 3 is 2.94 bits per heavy atom. The topological polar surface area (TPSA) is 54.3 Å². The van der Waals surface area contributed by atoms with E-state index in [-0.39, 0.29) is 12.5 Å². The monoisotopic (exact) mass is 246 g/mol. The number of benzene rings is 1. The SMILES string of the molecule is Cn1cc(CCC(=O)NCCO)c2ccccc21. The Bertz CT molecular complexity index is 546. The van der Waals surface area contributed by atoms with E-state index in [9.17, 15) is 4.79 Å². The average molecular weight is 246 g/mol. The number of rotatable bonds is 5. The van der Waals surface area contributed by atoms with Gasteiger partial charge in [0, 0.05) is 37.1 Å². The number of hydrogen-bond acceptors (Lipinski definition) is 2. The maximum absolute atomic E-state index is 11.5. The molecule has 1 heterocycles. The molecular weight excluding hydrogens is 228 g/mol. The molecule has 2 aromatic rings. The number of nitrogens with zero attached hydrogens (tertiary/aromatic N) is 1. The largest absolute Gasteiger partial charge is 0.395 e. The highest BCUT2D eigenvalue weighted by molar-refractivity contribution is 5.84. The molecule has 2 rings (SSSR count). The number of para-hydroxylation sites is 1. The second kappa shape index (κ2) is 5.69. The minimum absolute atomic E-state index is 0.0139. The lowest BCUT2D eigenvalue weighted by molar-refractivity contribution is -0.121. The van der Waals surface area contributed by atoms with Crippen LogP contribution in [0.1, 0.15) is 12.0 Å². The van der Waals surface area contributed by atoms with Gasteiger partial charge in [-0.3, -0.25) is 4.79 Å². The normalized spacial score (nSPS) is 10.8. The third kappa shape index (κ3) is 2.71. The standard InChI is InChI=1S/C14H18N2O2/c1-16-10-11(6-7-14(18)15-8-9-17)12-4-2-3-5-13(12)16/h2-5,10,17H,6-9H2,1H3,(H,15,18). The van der Waals surface area contributed by atoms with Gasteiger partial charge in [-0.25, -0.2) is 0 Å². The van der Waals surface area contributed by atoms with Gasteiger partial charge >= 0.3 is 0 Å². The number of aliphatic hydroxyl groups is 1. The molecule has 0 fully saturated rings. The van der Waals surface area contributed by atoms with Crippen molar-refractivity contribution < 1.29 is 9.90 Å². The zero-order valence-corrected chi connectivity index (χ0v) is 10.5. The molecule has 0 saturated heterocycles. The molecule has 96 valence electrons. The van der Waals surface area contributed by atoms with Crippen LogP contribution in [-0.4, -0.2) is 28.7 Å². The number of aryl methyl sites for hydroxylation is 2. The Kier molecular flexibility index (Phi) is 3.99. The van der Waals surface area contributed by atoms with Crippen molar-refractivity contribution in [2.75, 3.05) is 13.2 Å². The van der Waals surface area contributed by atoms with Gasteiger partial charge in [-0.2, -0.15) is 0 Å². The highest BCUT2D eigenvalue weighted by atomic mass is 16.3. The molecule has 1 aromatic carbocycles. The molecule has 0 bridgehead atoms. The fourth-order valence-corrected chi connectivity index (χ4v) is 2.16. The average Bonchev–Trinajstić information content (AvgIpc) is 2.71. The van der Waals surface area contributed by atoms with E-state index in [1.807, 2.05) is 19.2 Å². The number of carbonyl (C=O) groups is 1. The predicted octanol–water partition coefficient (Wildman–Crippen LogP) is 1.22. The quantitative estimate of drug-likeness (QED) is 0.833. The van der Waals surface area contributed by atoms with Crippen LogP contribution in [0.15, 0.2) is 30.5 Å². The number of fused-ring (bicyclic) bond motifs is 1. The first-order valence-electron chi connectivity index (χ1n) is 6.13. The smallest absolute Gasteiger partial charge is 0.220 e. The maximum atomic E-state index is 11.5. The second-order valence-corrected chi connectivity index (χ2v) is 4.36. The summed E-state index contributed by atoms with van der Waals surface area (Å²) in [6.07, 6.45) is 3.25. The van der Waals surface area contributed by atoms with Crippen molar-refractivity contribution in [2.24, 2.45) is 7.05 Å². The summed E-state index contributed by atoms with van der Waals surface area (Å²) in [4.78, 5) is 11.5. The van der Waals surface area contributed by atoms with Crippen LogP contribution in [0.5, 0.6) is 0 Å². The van der Waals surface area contributed by atoms with Gasteiger partial charge in [0.1, 0.15) is 0 Å². The number of carbonyl (C=O) groups excluding carboxylic acids is 1. The highest BCUT2D eigenvalue weighted by Crippen LogP contribution is 2.21. The van der Waals surface area contributed by atoms with Crippen molar-refractivity contribution in [3.05, 3.63) is 36.0 Å². The van der Waals surface area contributed by atoms with Crippen LogP contribution in [0.4, 0.5) is 0 Å². The number of amides is 1. The van der Waals surface area contributed by atoms with Crippen molar-refractivity contribution in [3.8, 4) is 0 Å². The summed E-state index contributed by atoms with van der Waals surface area (Å²) >= 11 is 0. The molecule has 0 radical (unpaired) electrons. The Hall–Kier alpha value is -1.81. The summed E-state index contributed by atoms with van der Waals surface area (Å²) in [6, 6.07) is 8.18. The highest BCUT2D eigenvalue weighted by Gasteiger charge is 2.07. The Balaban J connectivity index is 2.06. The van der Waals surface area contributed by atoms with Crippen molar-refractivity contribution in [1.29, 1.82) is 0 Å². The molecule has 0 spiro atoms. The van der Waals surface area contributed by atoms with Crippen LogP contribution in [0, 0.1) is 0 Å². The van der Waals surface area contributed by atoms with Gasteiger partial charge in [-0.15, -0.1) is 0 Å². The molecule has 2 N–H and O–H groups in total. The molecule has 0 unspecified atom stereocenters. The van der Waals surface area contributed by atoms with Gasteiger partial charge in [0.25, 0.3) is 0 Å².